The summed E-state index contributed by atoms with van der Waals surface area (Å²) in [5, 5.41) is 0.962. The fourth-order valence-electron chi connectivity index (χ4n) is 0.905. The van der Waals surface area contributed by atoms with E-state index in [1.54, 1.807) is 24.3 Å². The van der Waals surface area contributed by atoms with Crippen LogP contribution in [0.1, 0.15) is 5.56 Å². The molecule has 2 N–H and O–H groups in total. The fraction of sp³-hybridized carbons (Fsp3) is 0.111. The lowest BCUT2D eigenvalue weighted by Gasteiger charge is -1.99. The molecule has 0 unspecified atom stereocenters. The van der Waals surface area contributed by atoms with Crippen LogP contribution in [0.4, 0.5) is 5.69 Å². The third-order valence-corrected chi connectivity index (χ3v) is 2.85. The lowest BCUT2D eigenvalue weighted by atomic mass is 10.2. The molecule has 0 bridgehead atoms. The van der Waals surface area contributed by atoms with E-state index in [0.29, 0.717) is 11.3 Å². The van der Waals surface area contributed by atoms with Gasteiger partial charge in [-0.2, -0.15) is 0 Å². The van der Waals surface area contributed by atoms with E-state index >= 15 is 0 Å². The Bertz CT molecular complexity index is 392. The maximum atomic E-state index is 11.1. The number of hydrogen-bond acceptors (Lipinski definition) is 3. The summed E-state index contributed by atoms with van der Waals surface area (Å²) in [5.74, 6) is -0.0171. The summed E-state index contributed by atoms with van der Waals surface area (Å²) in [7, 11) is -3.16. The van der Waals surface area contributed by atoms with Gasteiger partial charge in [-0.3, -0.25) is 0 Å². The molecule has 0 saturated carbocycles. The topological polar surface area (TPSA) is 60.2 Å². The van der Waals surface area contributed by atoms with Crippen LogP contribution in [0.15, 0.2) is 36.3 Å². The van der Waals surface area contributed by atoms with Crippen LogP contribution in [0.3, 0.4) is 0 Å². The smallest absolute Gasteiger partial charge is 0.175 e. The van der Waals surface area contributed by atoms with E-state index in [1.807, 2.05) is 0 Å². The minimum absolute atomic E-state index is 0.0171. The first-order valence-corrected chi connectivity index (χ1v) is 5.44. The molecule has 0 aliphatic heterocycles. The Hall–Kier alpha value is -1.29. The average molecular weight is 197 g/mol. The van der Waals surface area contributed by atoms with Gasteiger partial charge < -0.3 is 5.73 Å². The van der Waals surface area contributed by atoms with E-state index in [1.165, 1.54) is 0 Å². The Morgan fingerprint density at radius 2 is 1.85 bits per heavy atom. The molecule has 1 aromatic carbocycles. The summed E-state index contributed by atoms with van der Waals surface area (Å²) in [5.41, 5.74) is 6.79. The molecular formula is C9H11NO2S. The number of hydrogen-bond donors (Lipinski definition) is 1. The van der Waals surface area contributed by atoms with Crippen LogP contribution in [0.25, 0.3) is 0 Å². The van der Waals surface area contributed by atoms with Gasteiger partial charge >= 0.3 is 0 Å². The number of anilines is 1. The van der Waals surface area contributed by atoms with Crippen molar-refractivity contribution < 1.29 is 8.42 Å². The zero-order chi connectivity index (χ0) is 9.90. The van der Waals surface area contributed by atoms with Crippen molar-refractivity contribution in [3.05, 3.63) is 41.8 Å². The van der Waals surface area contributed by atoms with Gasteiger partial charge in [0.15, 0.2) is 9.84 Å². The molecule has 0 radical (unpaired) electrons. The Morgan fingerprint density at radius 1 is 1.31 bits per heavy atom. The van der Waals surface area contributed by atoms with E-state index in [2.05, 4.69) is 6.58 Å². The molecule has 1 rings (SSSR count). The molecule has 0 aliphatic rings. The van der Waals surface area contributed by atoms with Crippen molar-refractivity contribution in [2.45, 2.75) is 5.75 Å². The van der Waals surface area contributed by atoms with Crippen LogP contribution in [-0.4, -0.2) is 8.42 Å². The molecule has 4 heteroatoms. The van der Waals surface area contributed by atoms with Crippen molar-refractivity contribution in [3.8, 4) is 0 Å². The normalized spacial score (nSPS) is 11.1. The van der Waals surface area contributed by atoms with E-state index < -0.39 is 9.84 Å². The monoisotopic (exact) mass is 197 g/mol. The molecule has 1 aromatic rings. The lowest BCUT2D eigenvalue weighted by molar-refractivity contribution is 0.604. The van der Waals surface area contributed by atoms with Gasteiger partial charge in [0.05, 0.1) is 5.75 Å². The molecule has 0 atom stereocenters. The molecule has 70 valence electrons. The van der Waals surface area contributed by atoms with Crippen molar-refractivity contribution in [2.75, 3.05) is 5.73 Å². The molecule has 0 aliphatic carbocycles. The maximum Gasteiger partial charge on any atom is 0.175 e. The van der Waals surface area contributed by atoms with Crippen LogP contribution >= 0.6 is 0 Å². The number of rotatable bonds is 3. The highest BCUT2D eigenvalue weighted by Gasteiger charge is 2.05. The lowest BCUT2D eigenvalue weighted by Crippen LogP contribution is -1.99. The van der Waals surface area contributed by atoms with Gasteiger partial charge in [0.2, 0.25) is 0 Å². The van der Waals surface area contributed by atoms with Crippen molar-refractivity contribution in [1.29, 1.82) is 0 Å². The maximum absolute atomic E-state index is 11.1. The Morgan fingerprint density at radius 3 is 2.31 bits per heavy atom. The summed E-state index contributed by atoms with van der Waals surface area (Å²) < 4.78 is 22.2. The van der Waals surface area contributed by atoms with Gasteiger partial charge in [-0.05, 0) is 17.7 Å². The van der Waals surface area contributed by atoms with Gasteiger partial charge in [0.25, 0.3) is 0 Å². The quantitative estimate of drug-likeness (QED) is 0.743. The second-order valence-corrected chi connectivity index (χ2v) is 4.66. The van der Waals surface area contributed by atoms with Crippen LogP contribution in [0, 0.1) is 0 Å². The minimum Gasteiger partial charge on any atom is -0.399 e. The first-order chi connectivity index (χ1) is 6.03. The summed E-state index contributed by atoms with van der Waals surface area (Å²) in [6, 6.07) is 6.73. The van der Waals surface area contributed by atoms with Gasteiger partial charge in [-0.1, -0.05) is 18.7 Å². The van der Waals surface area contributed by atoms with E-state index in [0.717, 1.165) is 5.41 Å². The fourth-order valence-corrected chi connectivity index (χ4v) is 1.68. The Balaban J connectivity index is 2.88. The van der Waals surface area contributed by atoms with Crippen LogP contribution < -0.4 is 5.73 Å². The van der Waals surface area contributed by atoms with E-state index in [9.17, 15) is 8.42 Å². The molecule has 0 fully saturated rings. The predicted octanol–water partition coefficient (Wildman–Crippen LogP) is 1.33. The summed E-state index contributed by atoms with van der Waals surface area (Å²) in [6.07, 6.45) is 0. The minimum atomic E-state index is -3.16. The van der Waals surface area contributed by atoms with Crippen molar-refractivity contribution >= 4 is 15.5 Å². The van der Waals surface area contributed by atoms with Crippen molar-refractivity contribution in [3.63, 3.8) is 0 Å². The van der Waals surface area contributed by atoms with Crippen LogP contribution in [0.5, 0.6) is 0 Å². The van der Waals surface area contributed by atoms with Gasteiger partial charge in [-0.15, -0.1) is 0 Å². The second kappa shape index (κ2) is 3.62. The Kier molecular flexibility index (Phi) is 2.72. The summed E-state index contributed by atoms with van der Waals surface area (Å²) >= 11 is 0. The highest BCUT2D eigenvalue weighted by molar-refractivity contribution is 7.93. The molecule has 0 amide bonds. The second-order valence-electron chi connectivity index (χ2n) is 2.72. The van der Waals surface area contributed by atoms with Crippen LogP contribution in [-0.2, 0) is 15.6 Å². The first-order valence-electron chi connectivity index (χ1n) is 3.73. The van der Waals surface area contributed by atoms with Gasteiger partial charge in [0.1, 0.15) is 0 Å². The predicted molar refractivity (Wildman–Crippen MR) is 53.7 cm³/mol. The number of nitrogen functional groups attached to an aromatic ring is 1. The highest BCUT2D eigenvalue weighted by Crippen LogP contribution is 2.09. The van der Waals surface area contributed by atoms with Crippen molar-refractivity contribution in [2.24, 2.45) is 0 Å². The molecule has 0 spiro atoms. The average Bonchev–Trinajstić information content (AvgIpc) is 2.09. The summed E-state index contributed by atoms with van der Waals surface area (Å²) in [4.78, 5) is 0. The molecule has 3 nitrogen and oxygen atoms in total. The molecule has 13 heavy (non-hydrogen) atoms. The molecule has 0 aromatic heterocycles. The number of sulfone groups is 1. The van der Waals surface area contributed by atoms with E-state index in [-0.39, 0.29) is 5.75 Å². The highest BCUT2D eigenvalue weighted by atomic mass is 32.2. The number of nitrogens with two attached hydrogens (primary N) is 1. The third-order valence-electron chi connectivity index (χ3n) is 1.60. The van der Waals surface area contributed by atoms with Gasteiger partial charge in [-0.25, -0.2) is 8.42 Å². The summed E-state index contributed by atoms with van der Waals surface area (Å²) in [6.45, 7) is 3.23. The standard InChI is InChI=1S/C9H11NO2S/c1-2-13(11,12)7-8-3-5-9(10)6-4-8/h2-6H,1,7,10H2. The van der Waals surface area contributed by atoms with Crippen molar-refractivity contribution in [1.82, 2.24) is 0 Å². The van der Waals surface area contributed by atoms with E-state index in [4.69, 9.17) is 5.73 Å². The largest absolute Gasteiger partial charge is 0.399 e. The SMILES string of the molecule is C=CS(=O)(=O)Cc1ccc(N)cc1. The number of benzene rings is 1. The molecular weight excluding hydrogens is 186 g/mol. The molecule has 0 heterocycles. The zero-order valence-corrected chi connectivity index (χ0v) is 7.92. The third kappa shape index (κ3) is 2.91. The Labute approximate surface area is 77.8 Å². The van der Waals surface area contributed by atoms with Crippen LogP contribution in [0.2, 0.25) is 0 Å². The van der Waals surface area contributed by atoms with Gasteiger partial charge in [0, 0.05) is 11.1 Å². The molecule has 0 saturated heterocycles. The zero-order valence-electron chi connectivity index (χ0n) is 7.10. The first kappa shape index (κ1) is 9.80.